The van der Waals surface area contributed by atoms with E-state index >= 15 is 0 Å². The zero-order chi connectivity index (χ0) is 15.4. The third kappa shape index (κ3) is 4.15. The molecule has 2 atom stereocenters. The molecule has 1 fully saturated rings. The molecule has 0 bridgehead atoms. The van der Waals surface area contributed by atoms with Gasteiger partial charge in [0, 0.05) is 30.4 Å². The molecular weight excluding hydrogens is 272 g/mol. The van der Waals surface area contributed by atoms with Crippen LogP contribution in [0, 0.1) is 10.1 Å². The van der Waals surface area contributed by atoms with E-state index in [0.29, 0.717) is 6.61 Å². The van der Waals surface area contributed by atoms with E-state index < -0.39 is 0 Å². The summed E-state index contributed by atoms with van der Waals surface area (Å²) in [6, 6.07) is 4.78. The molecule has 0 spiro atoms. The standard InChI is InChI=1S/C15H22N2O4/c1-10-6-14(7-11(2)21-10)20-9-12-8-13(17(18)19)4-5-15(12)16-3/h4-5,8,10-11,14,16H,6-7,9H2,1-3H3. The number of hydrogen-bond acceptors (Lipinski definition) is 5. The molecule has 2 unspecified atom stereocenters. The van der Waals surface area contributed by atoms with Crippen molar-refractivity contribution in [1.82, 2.24) is 0 Å². The van der Waals surface area contributed by atoms with Gasteiger partial charge < -0.3 is 14.8 Å². The van der Waals surface area contributed by atoms with Gasteiger partial charge in [-0.1, -0.05) is 0 Å². The molecule has 116 valence electrons. The van der Waals surface area contributed by atoms with Crippen molar-refractivity contribution < 1.29 is 14.4 Å². The van der Waals surface area contributed by atoms with Crippen LogP contribution in [0.5, 0.6) is 0 Å². The lowest BCUT2D eigenvalue weighted by Crippen LogP contribution is -2.34. The molecule has 0 aliphatic carbocycles. The Hall–Kier alpha value is -1.66. The molecule has 0 amide bonds. The minimum atomic E-state index is -0.387. The normalized spacial score (nSPS) is 25.6. The van der Waals surface area contributed by atoms with Crippen LogP contribution in [0.1, 0.15) is 32.3 Å². The third-order valence-electron chi connectivity index (χ3n) is 3.70. The van der Waals surface area contributed by atoms with Crippen LogP contribution in [-0.4, -0.2) is 30.3 Å². The van der Waals surface area contributed by atoms with E-state index in [4.69, 9.17) is 9.47 Å². The monoisotopic (exact) mass is 294 g/mol. The van der Waals surface area contributed by atoms with Crippen molar-refractivity contribution >= 4 is 11.4 Å². The lowest BCUT2D eigenvalue weighted by molar-refractivity contribution is -0.384. The first kappa shape index (κ1) is 15.7. The summed E-state index contributed by atoms with van der Waals surface area (Å²) in [5, 5.41) is 13.9. The highest BCUT2D eigenvalue weighted by Gasteiger charge is 2.25. The topological polar surface area (TPSA) is 73.6 Å². The van der Waals surface area contributed by atoms with Gasteiger partial charge >= 0.3 is 0 Å². The second kappa shape index (κ2) is 6.87. The maximum Gasteiger partial charge on any atom is 0.269 e. The molecule has 6 nitrogen and oxygen atoms in total. The Bertz CT molecular complexity index is 496. The van der Waals surface area contributed by atoms with Gasteiger partial charge in [-0.15, -0.1) is 0 Å². The molecular formula is C15H22N2O4. The Morgan fingerprint density at radius 3 is 2.62 bits per heavy atom. The van der Waals surface area contributed by atoms with Crippen LogP contribution in [0.15, 0.2) is 18.2 Å². The predicted molar refractivity (Wildman–Crippen MR) is 80.5 cm³/mol. The van der Waals surface area contributed by atoms with Crippen LogP contribution in [0.4, 0.5) is 11.4 Å². The van der Waals surface area contributed by atoms with Gasteiger partial charge in [0.05, 0.1) is 29.8 Å². The second-order valence-electron chi connectivity index (χ2n) is 5.51. The molecule has 0 aromatic heterocycles. The van der Waals surface area contributed by atoms with Crippen LogP contribution in [0.25, 0.3) is 0 Å². The predicted octanol–water partition coefficient (Wildman–Crippen LogP) is 3.11. The maximum absolute atomic E-state index is 10.9. The van der Waals surface area contributed by atoms with Gasteiger partial charge in [-0.3, -0.25) is 10.1 Å². The Balaban J connectivity index is 2.04. The third-order valence-corrected chi connectivity index (χ3v) is 3.70. The molecule has 1 aliphatic rings. The quantitative estimate of drug-likeness (QED) is 0.667. The van der Waals surface area contributed by atoms with Gasteiger partial charge in [-0.25, -0.2) is 0 Å². The number of rotatable bonds is 5. The minimum absolute atomic E-state index is 0.0845. The lowest BCUT2D eigenvalue weighted by Gasteiger charge is -2.32. The van der Waals surface area contributed by atoms with E-state index in [2.05, 4.69) is 5.32 Å². The summed E-state index contributed by atoms with van der Waals surface area (Å²) in [6.07, 6.45) is 2.22. The fourth-order valence-corrected chi connectivity index (χ4v) is 2.75. The van der Waals surface area contributed by atoms with Crippen LogP contribution in [0.2, 0.25) is 0 Å². The highest BCUT2D eigenvalue weighted by molar-refractivity contribution is 5.55. The number of anilines is 1. The number of nitrogens with zero attached hydrogens (tertiary/aromatic N) is 1. The zero-order valence-corrected chi connectivity index (χ0v) is 12.7. The van der Waals surface area contributed by atoms with E-state index in [0.717, 1.165) is 24.1 Å². The summed E-state index contributed by atoms with van der Waals surface area (Å²) < 4.78 is 11.6. The highest BCUT2D eigenvalue weighted by atomic mass is 16.6. The number of non-ortho nitro benzene ring substituents is 1. The van der Waals surface area contributed by atoms with Gasteiger partial charge in [-0.2, -0.15) is 0 Å². The highest BCUT2D eigenvalue weighted by Crippen LogP contribution is 2.26. The van der Waals surface area contributed by atoms with Crippen LogP contribution in [-0.2, 0) is 16.1 Å². The van der Waals surface area contributed by atoms with Crippen molar-refractivity contribution in [3.8, 4) is 0 Å². The number of benzene rings is 1. The van der Waals surface area contributed by atoms with Crippen molar-refractivity contribution in [2.45, 2.75) is 51.6 Å². The van der Waals surface area contributed by atoms with E-state index in [1.165, 1.54) is 6.07 Å². The van der Waals surface area contributed by atoms with Gasteiger partial charge in [0.1, 0.15) is 0 Å². The summed E-state index contributed by atoms with van der Waals surface area (Å²) >= 11 is 0. The van der Waals surface area contributed by atoms with E-state index in [9.17, 15) is 10.1 Å². The summed E-state index contributed by atoms with van der Waals surface area (Å²) in [6.45, 7) is 4.44. The fourth-order valence-electron chi connectivity index (χ4n) is 2.75. The van der Waals surface area contributed by atoms with E-state index in [1.54, 1.807) is 19.2 Å². The molecule has 0 saturated carbocycles. The fraction of sp³-hybridized carbons (Fsp3) is 0.600. The summed E-state index contributed by atoms with van der Waals surface area (Å²) in [5.74, 6) is 0. The molecule has 1 aromatic carbocycles. The molecule has 21 heavy (non-hydrogen) atoms. The molecule has 1 saturated heterocycles. The Labute approximate surface area is 124 Å². The smallest absolute Gasteiger partial charge is 0.269 e. The van der Waals surface area contributed by atoms with Crippen molar-refractivity contribution in [2.75, 3.05) is 12.4 Å². The first-order valence-electron chi connectivity index (χ1n) is 7.21. The van der Waals surface area contributed by atoms with Gasteiger partial charge in [0.2, 0.25) is 0 Å². The van der Waals surface area contributed by atoms with Crippen LogP contribution < -0.4 is 5.32 Å². The van der Waals surface area contributed by atoms with Crippen LogP contribution >= 0.6 is 0 Å². The Morgan fingerprint density at radius 1 is 1.38 bits per heavy atom. The minimum Gasteiger partial charge on any atom is -0.388 e. The molecule has 1 aliphatic heterocycles. The van der Waals surface area contributed by atoms with Gasteiger partial charge in [0.25, 0.3) is 5.69 Å². The average molecular weight is 294 g/mol. The first-order valence-corrected chi connectivity index (χ1v) is 7.21. The summed E-state index contributed by atoms with van der Waals surface area (Å²) in [4.78, 5) is 10.5. The molecule has 1 heterocycles. The van der Waals surface area contributed by atoms with Gasteiger partial charge in [-0.05, 0) is 32.8 Å². The summed E-state index contributed by atoms with van der Waals surface area (Å²) in [5.41, 5.74) is 1.74. The molecule has 1 aromatic rings. The molecule has 1 N–H and O–H groups in total. The number of nitrogens with one attached hydrogen (secondary N) is 1. The second-order valence-corrected chi connectivity index (χ2v) is 5.51. The summed E-state index contributed by atoms with van der Waals surface area (Å²) in [7, 11) is 1.79. The van der Waals surface area contributed by atoms with Crippen LogP contribution in [0.3, 0.4) is 0 Å². The number of ether oxygens (including phenoxy) is 2. The first-order chi connectivity index (χ1) is 9.99. The number of nitro groups is 1. The Morgan fingerprint density at radius 2 is 2.05 bits per heavy atom. The van der Waals surface area contributed by atoms with E-state index in [1.807, 2.05) is 13.8 Å². The zero-order valence-electron chi connectivity index (χ0n) is 12.7. The van der Waals surface area contributed by atoms with Gasteiger partial charge in [0.15, 0.2) is 0 Å². The number of hydrogen-bond donors (Lipinski definition) is 1. The lowest BCUT2D eigenvalue weighted by atomic mass is 10.0. The SMILES string of the molecule is CNc1ccc([N+](=O)[O-])cc1COC1CC(C)OC(C)C1. The largest absolute Gasteiger partial charge is 0.388 e. The van der Waals surface area contributed by atoms with Crippen molar-refractivity contribution in [3.05, 3.63) is 33.9 Å². The molecule has 0 radical (unpaired) electrons. The van der Waals surface area contributed by atoms with E-state index in [-0.39, 0.29) is 28.9 Å². The number of nitro benzene ring substituents is 1. The van der Waals surface area contributed by atoms with Crippen molar-refractivity contribution in [3.63, 3.8) is 0 Å². The molecule has 6 heteroatoms. The maximum atomic E-state index is 10.9. The molecule has 2 rings (SSSR count). The van der Waals surface area contributed by atoms with Crippen molar-refractivity contribution in [2.24, 2.45) is 0 Å². The average Bonchev–Trinajstić information content (AvgIpc) is 2.43. The van der Waals surface area contributed by atoms with Crippen molar-refractivity contribution in [1.29, 1.82) is 0 Å². The Kier molecular flexibility index (Phi) is 5.14.